The highest BCUT2D eigenvalue weighted by molar-refractivity contribution is 6.45. The van der Waals surface area contributed by atoms with Gasteiger partial charge in [-0.05, 0) is 68.4 Å². The van der Waals surface area contributed by atoms with Crippen LogP contribution >= 0.6 is 0 Å². The second kappa shape index (κ2) is 8.96. The Balaban J connectivity index is 1.78. The Kier molecular flexibility index (Phi) is 6.12. The van der Waals surface area contributed by atoms with Crippen LogP contribution in [-0.4, -0.2) is 36.4 Å². The lowest BCUT2D eigenvalue weighted by Gasteiger charge is -2.29. The summed E-state index contributed by atoms with van der Waals surface area (Å²) < 4.78 is 5.74. The van der Waals surface area contributed by atoms with E-state index in [0.717, 1.165) is 49.9 Å². The number of imide groups is 1. The van der Waals surface area contributed by atoms with Crippen LogP contribution in [0, 0.1) is 13.8 Å². The highest BCUT2D eigenvalue weighted by Gasteiger charge is 2.42. The Morgan fingerprint density at radius 2 is 1.68 bits per heavy atom. The van der Waals surface area contributed by atoms with Gasteiger partial charge in [-0.15, -0.1) is 0 Å². The third kappa shape index (κ3) is 4.09. The molecule has 2 aromatic carbocycles. The van der Waals surface area contributed by atoms with Crippen molar-refractivity contribution in [3.8, 4) is 5.75 Å². The summed E-state index contributed by atoms with van der Waals surface area (Å²) in [6.07, 6.45) is 4.12. The first-order chi connectivity index (χ1) is 15.0. The molecule has 2 aromatic rings. The van der Waals surface area contributed by atoms with Crippen LogP contribution in [0.25, 0.3) is 5.57 Å². The number of rotatable bonds is 6. The van der Waals surface area contributed by atoms with Crippen LogP contribution in [-0.2, 0) is 9.59 Å². The van der Waals surface area contributed by atoms with E-state index >= 15 is 0 Å². The first kappa shape index (κ1) is 21.2. The van der Waals surface area contributed by atoms with Crippen LogP contribution in [0.1, 0.15) is 49.3 Å². The van der Waals surface area contributed by atoms with Crippen LogP contribution in [0.4, 0.5) is 5.69 Å². The number of hydrogen-bond acceptors (Lipinski definition) is 4. The normalized spacial score (nSPS) is 17.0. The minimum atomic E-state index is -0.263. The number of carbonyl (C=O) groups excluding carboxylic acids is 2. The van der Waals surface area contributed by atoms with Crippen LogP contribution in [0.5, 0.6) is 5.75 Å². The molecular weight excluding hydrogens is 388 g/mol. The van der Waals surface area contributed by atoms with E-state index in [1.807, 2.05) is 44.2 Å². The van der Waals surface area contributed by atoms with Crippen molar-refractivity contribution in [2.75, 3.05) is 24.6 Å². The van der Waals surface area contributed by atoms with Crippen molar-refractivity contribution in [3.05, 3.63) is 64.9 Å². The number of amides is 2. The molecule has 5 heteroatoms. The molecule has 0 aliphatic carbocycles. The average Bonchev–Trinajstić information content (AvgIpc) is 3.05. The number of ether oxygens (including phenoxy) is 1. The number of likely N-dealkylation sites (tertiary alicyclic amines) is 1. The predicted molar refractivity (Wildman–Crippen MR) is 123 cm³/mol. The van der Waals surface area contributed by atoms with Crippen molar-refractivity contribution < 1.29 is 14.3 Å². The van der Waals surface area contributed by atoms with Crippen LogP contribution < -0.4 is 9.64 Å². The van der Waals surface area contributed by atoms with Gasteiger partial charge < -0.3 is 9.64 Å². The Hall–Kier alpha value is -3.08. The molecule has 5 nitrogen and oxygen atoms in total. The van der Waals surface area contributed by atoms with Gasteiger partial charge in [0, 0.05) is 19.2 Å². The number of hydrogen-bond donors (Lipinski definition) is 0. The molecule has 0 spiro atoms. The smallest absolute Gasteiger partial charge is 0.282 e. The summed E-state index contributed by atoms with van der Waals surface area (Å²) in [5.74, 6) is 0.161. The molecule has 0 radical (unpaired) electrons. The number of benzene rings is 2. The lowest BCUT2D eigenvalue weighted by molar-refractivity contribution is -0.120. The molecule has 162 valence electrons. The van der Waals surface area contributed by atoms with E-state index < -0.39 is 0 Å². The summed E-state index contributed by atoms with van der Waals surface area (Å²) in [6.45, 7) is 8.33. The van der Waals surface area contributed by atoms with E-state index in [0.29, 0.717) is 29.3 Å². The molecular formula is C26H30N2O3. The van der Waals surface area contributed by atoms with Gasteiger partial charge >= 0.3 is 0 Å². The van der Waals surface area contributed by atoms with Crippen molar-refractivity contribution in [1.29, 1.82) is 0 Å². The van der Waals surface area contributed by atoms with Gasteiger partial charge in [0.05, 0.1) is 17.9 Å². The van der Waals surface area contributed by atoms with Gasteiger partial charge in [-0.3, -0.25) is 9.59 Å². The second-order valence-electron chi connectivity index (χ2n) is 8.36. The molecule has 2 heterocycles. The van der Waals surface area contributed by atoms with Crippen molar-refractivity contribution in [2.45, 2.75) is 46.5 Å². The third-order valence-electron chi connectivity index (χ3n) is 6.08. The van der Waals surface area contributed by atoms with Crippen LogP contribution in [0.15, 0.2) is 48.2 Å². The molecule has 0 aromatic heterocycles. The summed E-state index contributed by atoms with van der Waals surface area (Å²) in [5, 5.41) is 0. The van der Waals surface area contributed by atoms with Crippen molar-refractivity contribution in [1.82, 2.24) is 4.90 Å². The largest absolute Gasteiger partial charge is 0.494 e. The number of piperidine rings is 1. The molecule has 2 aliphatic heterocycles. The predicted octanol–water partition coefficient (Wildman–Crippen LogP) is 4.86. The van der Waals surface area contributed by atoms with Crippen LogP contribution in [0.3, 0.4) is 0 Å². The summed E-state index contributed by atoms with van der Waals surface area (Å²) in [4.78, 5) is 30.7. The SMILES string of the molecule is CCCOc1cccc(N2C(=O)C(c3ccc(C)c(C)c3)=C(N3CCCCC3)C2=O)c1. The Morgan fingerprint density at radius 3 is 2.39 bits per heavy atom. The molecule has 1 fully saturated rings. The van der Waals surface area contributed by atoms with E-state index in [4.69, 9.17) is 4.74 Å². The van der Waals surface area contributed by atoms with E-state index in [2.05, 4.69) is 11.8 Å². The zero-order valence-corrected chi connectivity index (χ0v) is 18.6. The Morgan fingerprint density at radius 1 is 0.903 bits per heavy atom. The lowest BCUT2D eigenvalue weighted by Crippen LogP contribution is -2.37. The highest BCUT2D eigenvalue weighted by Crippen LogP contribution is 2.37. The maximum Gasteiger partial charge on any atom is 0.282 e. The quantitative estimate of drug-likeness (QED) is 0.629. The standard InChI is InChI=1S/C26H30N2O3/c1-4-15-31-22-10-8-9-21(17-22)28-25(29)23(20-12-11-18(2)19(3)16-20)24(26(28)30)27-13-6-5-7-14-27/h8-12,16-17H,4-7,13-15H2,1-3H3. The minimum Gasteiger partial charge on any atom is -0.494 e. The van der Waals surface area contributed by atoms with Crippen molar-refractivity contribution >= 4 is 23.1 Å². The molecule has 31 heavy (non-hydrogen) atoms. The van der Waals surface area contributed by atoms with Gasteiger partial charge in [-0.2, -0.15) is 0 Å². The Labute approximate surface area is 184 Å². The fraction of sp³-hybridized carbons (Fsp3) is 0.385. The minimum absolute atomic E-state index is 0.243. The van der Waals surface area contributed by atoms with Gasteiger partial charge in [0.15, 0.2) is 0 Å². The molecule has 1 saturated heterocycles. The molecule has 0 atom stereocenters. The zero-order chi connectivity index (χ0) is 22.0. The van der Waals surface area contributed by atoms with Gasteiger partial charge in [-0.25, -0.2) is 4.90 Å². The maximum absolute atomic E-state index is 13.7. The molecule has 2 amide bonds. The Bertz CT molecular complexity index is 1030. The fourth-order valence-electron chi connectivity index (χ4n) is 4.25. The van der Waals surface area contributed by atoms with E-state index in [1.165, 1.54) is 10.5 Å². The molecule has 0 saturated carbocycles. The molecule has 0 unspecified atom stereocenters. The third-order valence-corrected chi connectivity index (χ3v) is 6.08. The molecule has 0 bridgehead atoms. The van der Waals surface area contributed by atoms with Crippen molar-refractivity contribution in [3.63, 3.8) is 0 Å². The summed E-state index contributed by atoms with van der Waals surface area (Å²) in [6, 6.07) is 13.3. The first-order valence-corrected chi connectivity index (χ1v) is 11.2. The van der Waals surface area contributed by atoms with Gasteiger partial charge in [0.25, 0.3) is 11.8 Å². The highest BCUT2D eigenvalue weighted by atomic mass is 16.5. The fourth-order valence-corrected chi connectivity index (χ4v) is 4.25. The van der Waals surface area contributed by atoms with E-state index in [1.54, 1.807) is 12.1 Å². The topological polar surface area (TPSA) is 49.9 Å². The number of aryl methyl sites for hydroxylation is 2. The summed E-state index contributed by atoms with van der Waals surface area (Å²) >= 11 is 0. The number of anilines is 1. The van der Waals surface area contributed by atoms with Gasteiger partial charge in [0.2, 0.25) is 0 Å². The summed E-state index contributed by atoms with van der Waals surface area (Å²) in [7, 11) is 0. The number of carbonyl (C=O) groups is 2. The zero-order valence-electron chi connectivity index (χ0n) is 18.6. The first-order valence-electron chi connectivity index (χ1n) is 11.2. The second-order valence-corrected chi connectivity index (χ2v) is 8.36. The molecule has 4 rings (SSSR count). The van der Waals surface area contributed by atoms with Crippen LogP contribution in [0.2, 0.25) is 0 Å². The lowest BCUT2D eigenvalue weighted by atomic mass is 9.98. The van der Waals surface area contributed by atoms with Crippen molar-refractivity contribution in [2.24, 2.45) is 0 Å². The van der Waals surface area contributed by atoms with E-state index in [-0.39, 0.29) is 11.8 Å². The van der Waals surface area contributed by atoms with Gasteiger partial charge in [-0.1, -0.05) is 31.2 Å². The molecule has 0 N–H and O–H groups in total. The average molecular weight is 419 g/mol. The van der Waals surface area contributed by atoms with E-state index in [9.17, 15) is 9.59 Å². The van der Waals surface area contributed by atoms with Gasteiger partial charge in [0.1, 0.15) is 11.4 Å². The maximum atomic E-state index is 13.7. The molecule has 2 aliphatic rings. The monoisotopic (exact) mass is 418 g/mol. The summed E-state index contributed by atoms with van der Waals surface area (Å²) in [5.41, 5.74) is 4.68. The number of nitrogens with zero attached hydrogens (tertiary/aromatic N) is 2.